The fourth-order valence-corrected chi connectivity index (χ4v) is 3.35. The smallest absolute Gasteiger partial charge is 0.257 e. The van der Waals surface area contributed by atoms with Crippen LogP contribution in [-0.4, -0.2) is 24.4 Å². The molecule has 2 aromatic rings. The van der Waals surface area contributed by atoms with Gasteiger partial charge < -0.3 is 10.6 Å². The number of hydrogen-bond acceptors (Lipinski definition) is 2. The molecule has 1 atom stereocenters. The SMILES string of the molecule is CC(C)[C@H](NC(=O)c1c(F)cccc1F)C(=O)NCC1(c2ccc(F)cc2)CC1. The normalized spacial score (nSPS) is 15.7. The van der Waals surface area contributed by atoms with E-state index < -0.39 is 35.1 Å². The quantitative estimate of drug-likeness (QED) is 0.739. The van der Waals surface area contributed by atoms with Crippen molar-refractivity contribution in [2.24, 2.45) is 5.92 Å². The molecule has 1 saturated carbocycles. The van der Waals surface area contributed by atoms with Crippen LogP contribution in [0.5, 0.6) is 0 Å². The van der Waals surface area contributed by atoms with Crippen molar-refractivity contribution in [3.63, 3.8) is 0 Å². The zero-order valence-electron chi connectivity index (χ0n) is 16.3. The number of benzene rings is 2. The highest BCUT2D eigenvalue weighted by Gasteiger charge is 2.44. The molecule has 0 unspecified atom stereocenters. The molecule has 0 aromatic heterocycles. The van der Waals surface area contributed by atoms with Gasteiger partial charge in [0.05, 0.1) is 0 Å². The van der Waals surface area contributed by atoms with Gasteiger partial charge in [0.15, 0.2) is 0 Å². The Hall–Kier alpha value is -2.83. The summed E-state index contributed by atoms with van der Waals surface area (Å²) in [5, 5.41) is 5.27. The Morgan fingerprint density at radius 2 is 1.59 bits per heavy atom. The van der Waals surface area contributed by atoms with Crippen molar-refractivity contribution < 1.29 is 22.8 Å². The van der Waals surface area contributed by atoms with E-state index in [0.29, 0.717) is 6.54 Å². The van der Waals surface area contributed by atoms with Gasteiger partial charge in [-0.05, 0) is 48.6 Å². The molecule has 0 heterocycles. The maximum absolute atomic E-state index is 13.9. The van der Waals surface area contributed by atoms with Crippen LogP contribution in [0.3, 0.4) is 0 Å². The molecule has 0 saturated heterocycles. The monoisotopic (exact) mass is 404 g/mol. The number of amides is 2. The van der Waals surface area contributed by atoms with Crippen LogP contribution in [0.25, 0.3) is 0 Å². The molecule has 2 aromatic carbocycles. The highest BCUT2D eigenvalue weighted by molar-refractivity contribution is 5.98. The van der Waals surface area contributed by atoms with Crippen molar-refractivity contribution in [1.82, 2.24) is 10.6 Å². The summed E-state index contributed by atoms with van der Waals surface area (Å²) in [4.78, 5) is 25.1. The molecule has 7 heteroatoms. The van der Waals surface area contributed by atoms with Crippen molar-refractivity contribution in [3.8, 4) is 0 Å². The molecule has 1 fully saturated rings. The Morgan fingerprint density at radius 3 is 2.10 bits per heavy atom. The predicted molar refractivity (Wildman–Crippen MR) is 103 cm³/mol. The minimum atomic E-state index is -0.987. The van der Waals surface area contributed by atoms with Crippen LogP contribution in [0.2, 0.25) is 0 Å². The summed E-state index contributed by atoms with van der Waals surface area (Å²) in [5.74, 6) is -4.00. The highest BCUT2D eigenvalue weighted by atomic mass is 19.1. The molecule has 0 radical (unpaired) electrons. The van der Waals surface area contributed by atoms with Gasteiger partial charge in [0.25, 0.3) is 5.91 Å². The Labute approximate surface area is 167 Å². The van der Waals surface area contributed by atoms with Gasteiger partial charge in [-0.15, -0.1) is 0 Å². The van der Waals surface area contributed by atoms with Crippen LogP contribution in [0.15, 0.2) is 42.5 Å². The number of nitrogens with one attached hydrogen (secondary N) is 2. The largest absolute Gasteiger partial charge is 0.353 e. The van der Waals surface area contributed by atoms with Gasteiger partial charge in [0, 0.05) is 12.0 Å². The van der Waals surface area contributed by atoms with E-state index in [4.69, 9.17) is 0 Å². The van der Waals surface area contributed by atoms with Crippen molar-refractivity contribution in [2.75, 3.05) is 6.54 Å². The molecule has 3 rings (SSSR count). The number of hydrogen-bond donors (Lipinski definition) is 2. The second kappa shape index (κ2) is 8.27. The molecule has 4 nitrogen and oxygen atoms in total. The van der Waals surface area contributed by atoms with Crippen molar-refractivity contribution in [2.45, 2.75) is 38.1 Å². The van der Waals surface area contributed by atoms with E-state index in [1.807, 2.05) is 0 Å². The Balaban J connectivity index is 1.67. The summed E-state index contributed by atoms with van der Waals surface area (Å²) in [5.41, 5.74) is -0.0132. The molecule has 0 bridgehead atoms. The minimum Gasteiger partial charge on any atom is -0.353 e. The first-order valence-corrected chi connectivity index (χ1v) is 9.52. The van der Waals surface area contributed by atoms with E-state index in [1.165, 1.54) is 18.2 Å². The van der Waals surface area contributed by atoms with Gasteiger partial charge in [-0.25, -0.2) is 13.2 Å². The van der Waals surface area contributed by atoms with Crippen LogP contribution in [-0.2, 0) is 10.2 Å². The Morgan fingerprint density at radius 1 is 1.00 bits per heavy atom. The molecule has 29 heavy (non-hydrogen) atoms. The van der Waals surface area contributed by atoms with Crippen LogP contribution >= 0.6 is 0 Å². The maximum atomic E-state index is 13.9. The summed E-state index contributed by atoms with van der Waals surface area (Å²) >= 11 is 0. The molecule has 1 aliphatic rings. The van der Waals surface area contributed by atoms with Crippen molar-refractivity contribution in [3.05, 3.63) is 71.0 Å². The van der Waals surface area contributed by atoms with E-state index in [9.17, 15) is 22.8 Å². The first kappa shape index (κ1) is 20.9. The number of carbonyl (C=O) groups is 2. The predicted octanol–water partition coefficient (Wildman–Crippen LogP) is 3.71. The zero-order chi connectivity index (χ0) is 21.2. The second-order valence-electron chi connectivity index (χ2n) is 7.80. The third-order valence-corrected chi connectivity index (χ3v) is 5.34. The molecule has 0 aliphatic heterocycles. The summed E-state index contributed by atoms with van der Waals surface area (Å²) in [6, 6.07) is 8.37. The maximum Gasteiger partial charge on any atom is 0.257 e. The minimum absolute atomic E-state index is 0.244. The van der Waals surface area contributed by atoms with Crippen LogP contribution in [0, 0.1) is 23.4 Å². The molecular weight excluding hydrogens is 381 g/mol. The van der Waals surface area contributed by atoms with Gasteiger partial charge in [-0.2, -0.15) is 0 Å². The zero-order valence-corrected chi connectivity index (χ0v) is 16.3. The van der Waals surface area contributed by atoms with E-state index in [2.05, 4.69) is 10.6 Å². The molecule has 154 valence electrons. The molecule has 2 amide bonds. The molecular formula is C22H23F3N2O2. The lowest BCUT2D eigenvalue weighted by Crippen LogP contribution is -2.51. The van der Waals surface area contributed by atoms with Gasteiger partial charge in [0.1, 0.15) is 29.1 Å². The number of rotatable bonds is 7. The van der Waals surface area contributed by atoms with E-state index in [-0.39, 0.29) is 17.2 Å². The highest BCUT2D eigenvalue weighted by Crippen LogP contribution is 2.47. The van der Waals surface area contributed by atoms with E-state index in [1.54, 1.807) is 26.0 Å². The molecule has 0 spiro atoms. The Bertz CT molecular complexity index is 889. The third-order valence-electron chi connectivity index (χ3n) is 5.34. The summed E-state index contributed by atoms with van der Waals surface area (Å²) in [6.45, 7) is 3.80. The Kier molecular flexibility index (Phi) is 5.96. The van der Waals surface area contributed by atoms with Gasteiger partial charge in [-0.1, -0.05) is 32.0 Å². The molecule has 2 N–H and O–H groups in total. The first-order valence-electron chi connectivity index (χ1n) is 9.52. The van der Waals surface area contributed by atoms with Crippen molar-refractivity contribution in [1.29, 1.82) is 0 Å². The summed E-state index contributed by atoms with van der Waals surface area (Å²) in [6.07, 6.45) is 1.72. The van der Waals surface area contributed by atoms with Gasteiger partial charge >= 0.3 is 0 Å². The third kappa shape index (κ3) is 4.60. The van der Waals surface area contributed by atoms with Crippen LogP contribution < -0.4 is 10.6 Å². The topological polar surface area (TPSA) is 58.2 Å². The fraction of sp³-hybridized carbons (Fsp3) is 0.364. The van der Waals surface area contributed by atoms with Crippen LogP contribution in [0.4, 0.5) is 13.2 Å². The fourth-order valence-electron chi connectivity index (χ4n) is 3.35. The first-order chi connectivity index (χ1) is 13.7. The van der Waals surface area contributed by atoms with E-state index >= 15 is 0 Å². The van der Waals surface area contributed by atoms with Gasteiger partial charge in [0.2, 0.25) is 5.91 Å². The second-order valence-corrected chi connectivity index (χ2v) is 7.80. The van der Waals surface area contributed by atoms with Gasteiger partial charge in [-0.3, -0.25) is 9.59 Å². The summed E-state index contributed by atoms with van der Waals surface area (Å²) in [7, 11) is 0. The van der Waals surface area contributed by atoms with E-state index in [0.717, 1.165) is 30.5 Å². The molecule has 1 aliphatic carbocycles. The lowest BCUT2D eigenvalue weighted by molar-refractivity contribution is -0.124. The average molecular weight is 404 g/mol. The number of halogens is 3. The lowest BCUT2D eigenvalue weighted by atomic mass is 9.95. The van der Waals surface area contributed by atoms with Crippen LogP contribution in [0.1, 0.15) is 42.6 Å². The van der Waals surface area contributed by atoms with Crippen molar-refractivity contribution >= 4 is 11.8 Å². The lowest BCUT2D eigenvalue weighted by Gasteiger charge is -2.24. The average Bonchev–Trinajstić information content (AvgIpc) is 3.45. The summed E-state index contributed by atoms with van der Waals surface area (Å²) < 4.78 is 40.9. The standard InChI is InChI=1S/C22H23F3N2O2/c1-13(2)19(27-20(28)18-16(24)4-3-5-17(18)25)21(29)26-12-22(10-11-22)14-6-8-15(23)9-7-14/h3-9,13,19H,10-12H2,1-2H3,(H,26,29)(H,27,28)/t19-/m0/s1. The number of carbonyl (C=O) groups excluding carboxylic acids is 2.